The van der Waals surface area contributed by atoms with Gasteiger partial charge in [0.1, 0.15) is 11.5 Å². The van der Waals surface area contributed by atoms with E-state index in [0.29, 0.717) is 0 Å². The van der Waals surface area contributed by atoms with Crippen molar-refractivity contribution in [1.29, 1.82) is 0 Å². The first-order valence-electron chi connectivity index (χ1n) is 9.38. The van der Waals surface area contributed by atoms with Gasteiger partial charge >= 0.3 is 0 Å². The largest absolute Gasteiger partial charge is 0.502 e. The van der Waals surface area contributed by atoms with E-state index in [1.807, 2.05) is 48.6 Å². The minimum atomic E-state index is 0.880. The fourth-order valence-corrected chi connectivity index (χ4v) is 4.11. The molecule has 0 saturated carbocycles. The van der Waals surface area contributed by atoms with Gasteiger partial charge < -0.3 is 9.47 Å². The third-order valence-corrected chi connectivity index (χ3v) is 5.32. The second-order valence-electron chi connectivity index (χ2n) is 6.94. The lowest BCUT2D eigenvalue weighted by Gasteiger charge is -2.43. The van der Waals surface area contributed by atoms with Crippen LogP contribution < -0.4 is 9.47 Å². The molecule has 0 unspecified atom stereocenters. The molecule has 0 fully saturated rings. The molecule has 0 saturated heterocycles. The van der Waals surface area contributed by atoms with Crippen LogP contribution in [0.5, 0.6) is 11.5 Å². The summed E-state index contributed by atoms with van der Waals surface area (Å²) in [4.78, 5) is 0. The van der Waals surface area contributed by atoms with Crippen LogP contribution in [0, 0.1) is 12.2 Å². The Morgan fingerprint density at radius 2 is 1.00 bits per heavy atom. The van der Waals surface area contributed by atoms with E-state index in [0.717, 1.165) is 46.0 Å². The molecule has 0 N–H and O–H groups in total. The summed E-state index contributed by atoms with van der Waals surface area (Å²) >= 11 is 0. The summed E-state index contributed by atoms with van der Waals surface area (Å²) in [7, 11) is 0. The van der Waals surface area contributed by atoms with Crippen LogP contribution in [0.25, 0.3) is 11.1 Å². The summed E-state index contributed by atoms with van der Waals surface area (Å²) in [6, 6.07) is 16.5. The molecule has 2 aromatic rings. The van der Waals surface area contributed by atoms with E-state index in [9.17, 15) is 0 Å². The Morgan fingerprint density at radius 3 is 1.50 bits per heavy atom. The van der Waals surface area contributed by atoms with Gasteiger partial charge in [-0.3, -0.25) is 0 Å². The maximum atomic E-state index is 6.21. The molecule has 0 spiro atoms. The van der Waals surface area contributed by atoms with Gasteiger partial charge in [-0.2, -0.15) is 0 Å². The maximum Gasteiger partial charge on any atom is 0.112 e. The number of hydrogen-bond acceptors (Lipinski definition) is 2. The molecule has 0 bridgehead atoms. The van der Waals surface area contributed by atoms with Crippen molar-refractivity contribution in [3.05, 3.63) is 132 Å². The van der Waals surface area contributed by atoms with E-state index in [1.165, 1.54) is 11.1 Å². The van der Waals surface area contributed by atoms with Crippen LogP contribution in [0.4, 0.5) is 0 Å². The molecular formula is C26H16O2-2. The molecular weight excluding hydrogens is 344 g/mol. The lowest BCUT2D eigenvalue weighted by atomic mass is 9.78. The SMILES string of the molecule is C1=CC2=C(C3=C4C=CC=C[C-]4Oc4ccccc43)c3ccccc3O[C-]2C=C1. The Kier molecular flexibility index (Phi) is 3.20. The molecule has 2 aliphatic carbocycles. The van der Waals surface area contributed by atoms with Crippen molar-refractivity contribution in [2.45, 2.75) is 0 Å². The van der Waals surface area contributed by atoms with Crippen LogP contribution in [-0.2, 0) is 0 Å². The summed E-state index contributed by atoms with van der Waals surface area (Å²) in [5.74, 6) is 1.76. The van der Waals surface area contributed by atoms with Gasteiger partial charge in [-0.1, -0.05) is 36.4 Å². The van der Waals surface area contributed by atoms with Crippen molar-refractivity contribution in [2.24, 2.45) is 0 Å². The van der Waals surface area contributed by atoms with Crippen LogP contribution in [0.15, 0.2) is 108 Å². The number of para-hydroxylation sites is 2. The zero-order valence-corrected chi connectivity index (χ0v) is 15.1. The monoisotopic (exact) mass is 360 g/mol. The molecule has 4 aliphatic rings. The van der Waals surface area contributed by atoms with Gasteiger partial charge in [-0.25, -0.2) is 0 Å². The molecule has 2 heterocycles. The van der Waals surface area contributed by atoms with Crippen molar-refractivity contribution >= 4 is 11.1 Å². The van der Waals surface area contributed by atoms with Crippen molar-refractivity contribution < 1.29 is 9.47 Å². The van der Waals surface area contributed by atoms with E-state index in [4.69, 9.17) is 9.47 Å². The zero-order valence-electron chi connectivity index (χ0n) is 15.1. The second-order valence-corrected chi connectivity index (χ2v) is 6.94. The molecule has 134 valence electrons. The van der Waals surface area contributed by atoms with Gasteiger partial charge in [0.2, 0.25) is 0 Å². The zero-order chi connectivity index (χ0) is 18.5. The van der Waals surface area contributed by atoms with Gasteiger partial charge in [0.15, 0.2) is 0 Å². The van der Waals surface area contributed by atoms with Gasteiger partial charge in [0.05, 0.1) is 0 Å². The Labute approximate surface area is 164 Å². The molecule has 2 heteroatoms. The van der Waals surface area contributed by atoms with E-state index in [-0.39, 0.29) is 0 Å². The fourth-order valence-electron chi connectivity index (χ4n) is 4.11. The molecule has 2 nitrogen and oxygen atoms in total. The van der Waals surface area contributed by atoms with Crippen LogP contribution in [-0.4, -0.2) is 0 Å². The number of fused-ring (bicyclic) bond motifs is 4. The number of benzene rings is 2. The minimum absolute atomic E-state index is 0.880. The van der Waals surface area contributed by atoms with E-state index in [1.54, 1.807) is 0 Å². The second kappa shape index (κ2) is 5.86. The van der Waals surface area contributed by atoms with Crippen molar-refractivity contribution in [3.63, 3.8) is 0 Å². The quantitative estimate of drug-likeness (QED) is 0.581. The summed E-state index contributed by atoms with van der Waals surface area (Å²) < 4.78 is 12.4. The minimum Gasteiger partial charge on any atom is -0.502 e. The van der Waals surface area contributed by atoms with Gasteiger partial charge in [-0.05, 0) is 23.3 Å². The third-order valence-electron chi connectivity index (χ3n) is 5.32. The van der Waals surface area contributed by atoms with E-state index < -0.39 is 0 Å². The summed E-state index contributed by atoms with van der Waals surface area (Å²) in [5.41, 5.74) is 6.76. The molecule has 28 heavy (non-hydrogen) atoms. The predicted octanol–water partition coefficient (Wildman–Crippen LogP) is 5.99. The Morgan fingerprint density at radius 1 is 0.536 bits per heavy atom. The van der Waals surface area contributed by atoms with E-state index in [2.05, 4.69) is 48.6 Å². The normalized spacial score (nSPS) is 18.3. The van der Waals surface area contributed by atoms with E-state index >= 15 is 0 Å². The highest BCUT2D eigenvalue weighted by Gasteiger charge is 2.27. The van der Waals surface area contributed by atoms with Crippen LogP contribution in [0.2, 0.25) is 0 Å². The highest BCUT2D eigenvalue weighted by Crippen LogP contribution is 2.52. The van der Waals surface area contributed by atoms with Gasteiger partial charge in [0, 0.05) is 12.2 Å². The number of allylic oxidation sites excluding steroid dienone is 6. The average molecular weight is 360 g/mol. The molecule has 0 amide bonds. The lowest BCUT2D eigenvalue weighted by Crippen LogP contribution is -2.20. The smallest absolute Gasteiger partial charge is 0.112 e. The Hall–Kier alpha value is -3.78. The topological polar surface area (TPSA) is 18.5 Å². The maximum absolute atomic E-state index is 6.21. The highest BCUT2D eigenvalue weighted by molar-refractivity contribution is 6.13. The summed E-state index contributed by atoms with van der Waals surface area (Å²) in [6.07, 6.45) is 18.2. The lowest BCUT2D eigenvalue weighted by molar-refractivity contribution is 0.371. The predicted molar refractivity (Wildman–Crippen MR) is 111 cm³/mol. The Balaban J connectivity index is 1.71. The highest BCUT2D eigenvalue weighted by atomic mass is 16.5. The third kappa shape index (κ3) is 2.15. The van der Waals surface area contributed by atoms with Gasteiger partial charge in [0.25, 0.3) is 0 Å². The summed E-state index contributed by atoms with van der Waals surface area (Å²) in [5, 5.41) is 0. The van der Waals surface area contributed by atoms with Crippen LogP contribution >= 0.6 is 0 Å². The Bertz CT molecular complexity index is 1080. The fraction of sp³-hybridized carbons (Fsp3) is 0. The number of hydrogen-bond donors (Lipinski definition) is 0. The molecule has 6 rings (SSSR count). The first kappa shape index (κ1) is 15.3. The van der Waals surface area contributed by atoms with Crippen molar-refractivity contribution in [3.8, 4) is 11.5 Å². The summed E-state index contributed by atoms with van der Waals surface area (Å²) in [6.45, 7) is 0. The van der Waals surface area contributed by atoms with Gasteiger partial charge in [-0.15, -0.1) is 70.9 Å². The first-order valence-corrected chi connectivity index (χ1v) is 9.38. The average Bonchev–Trinajstić information content (AvgIpc) is 2.76. The number of ether oxygens (including phenoxy) is 2. The molecule has 2 aromatic carbocycles. The van der Waals surface area contributed by atoms with Crippen LogP contribution in [0.3, 0.4) is 0 Å². The molecule has 0 radical (unpaired) electrons. The molecule has 0 aromatic heterocycles. The molecule has 2 aliphatic heterocycles. The number of rotatable bonds is 1. The standard InChI is InChI=1S/C26H16O2/c1-5-13-21-17(9-1)25(18-10-2-6-14-22(18)27-21)26-19-11-3-7-15-23(19)28-24-16-8-4-12-20(24)26/h1-16H/q-2. The first-order chi connectivity index (χ1) is 13.9. The molecule has 0 atom stereocenters. The van der Waals surface area contributed by atoms with Crippen molar-refractivity contribution in [1.82, 2.24) is 0 Å². The van der Waals surface area contributed by atoms with Crippen molar-refractivity contribution in [2.75, 3.05) is 0 Å². The van der Waals surface area contributed by atoms with Crippen LogP contribution in [0.1, 0.15) is 11.1 Å².